The van der Waals surface area contributed by atoms with E-state index in [1.807, 2.05) is 0 Å². The van der Waals surface area contributed by atoms with Crippen LogP contribution in [0, 0.1) is 0 Å². The van der Waals surface area contributed by atoms with Crippen molar-refractivity contribution in [2.45, 2.75) is 6.42 Å². The minimum Gasteiger partial charge on any atom is -0.306 e. The predicted molar refractivity (Wildman–Crippen MR) is 39.3 cm³/mol. The fourth-order valence-corrected chi connectivity index (χ4v) is 1.51. The van der Waals surface area contributed by atoms with Gasteiger partial charge in [-0.25, -0.2) is 4.21 Å². The van der Waals surface area contributed by atoms with Gasteiger partial charge in [-0.2, -0.15) is 0 Å². The van der Waals surface area contributed by atoms with Crippen LogP contribution in [0.1, 0.15) is 5.01 Å². The van der Waals surface area contributed by atoms with E-state index >= 15 is 0 Å². The molecule has 0 spiro atoms. The topological polar surface area (TPSA) is 63.1 Å². The first-order valence-corrected chi connectivity index (χ1v) is 4.77. The number of aromatic nitrogens is 2. The average molecular weight is 178 g/mol. The maximum atomic E-state index is 10.2. The Labute approximate surface area is 64.6 Å². The van der Waals surface area contributed by atoms with Crippen LogP contribution in [0.4, 0.5) is 0 Å². The lowest BCUT2D eigenvalue weighted by Crippen LogP contribution is -1.98. The van der Waals surface area contributed by atoms with Crippen molar-refractivity contribution >= 4 is 22.4 Å². The van der Waals surface area contributed by atoms with Crippen molar-refractivity contribution in [3.63, 3.8) is 0 Å². The second-order valence-corrected chi connectivity index (χ2v) is 3.58. The summed E-state index contributed by atoms with van der Waals surface area (Å²) in [5, 5.41) is 8.11. The number of hydrogen-bond donors (Lipinski definition) is 1. The average Bonchev–Trinajstić information content (AvgIpc) is 2.34. The van der Waals surface area contributed by atoms with E-state index in [1.165, 1.54) is 11.3 Å². The van der Waals surface area contributed by atoms with Gasteiger partial charge < -0.3 is 4.55 Å². The Morgan fingerprint density at radius 1 is 1.80 bits per heavy atom. The third-order valence-electron chi connectivity index (χ3n) is 0.896. The van der Waals surface area contributed by atoms with Gasteiger partial charge in [0.15, 0.2) is 11.1 Å². The van der Waals surface area contributed by atoms with Gasteiger partial charge in [0.1, 0.15) is 10.5 Å². The fraction of sp³-hybridized carbons (Fsp3) is 0.500. The molecule has 1 unspecified atom stereocenters. The first-order chi connectivity index (χ1) is 4.79. The standard InChI is InChI=1S/C4H6N2O2S2/c7-10(8)2-1-4-6-5-3-9-4/h3H,1-2H2,(H,7,8). The largest absolute Gasteiger partial charge is 0.306 e. The molecule has 0 aliphatic rings. The molecule has 6 heteroatoms. The highest BCUT2D eigenvalue weighted by atomic mass is 32.2. The number of aryl methyl sites for hydroxylation is 1. The zero-order valence-corrected chi connectivity index (χ0v) is 6.69. The molecule has 1 atom stereocenters. The van der Waals surface area contributed by atoms with Crippen LogP contribution in [0.25, 0.3) is 0 Å². The molecule has 10 heavy (non-hydrogen) atoms. The molecule has 1 N–H and O–H groups in total. The van der Waals surface area contributed by atoms with E-state index in [4.69, 9.17) is 4.55 Å². The summed E-state index contributed by atoms with van der Waals surface area (Å²) in [4.78, 5) is 0. The van der Waals surface area contributed by atoms with Gasteiger partial charge in [-0.3, -0.25) is 0 Å². The lowest BCUT2D eigenvalue weighted by Gasteiger charge is -1.88. The highest BCUT2D eigenvalue weighted by molar-refractivity contribution is 7.79. The number of nitrogens with zero attached hydrogens (tertiary/aromatic N) is 2. The summed E-state index contributed by atoms with van der Waals surface area (Å²) in [6.07, 6.45) is 0.535. The van der Waals surface area contributed by atoms with Crippen molar-refractivity contribution in [2.75, 3.05) is 5.75 Å². The van der Waals surface area contributed by atoms with Crippen molar-refractivity contribution in [1.82, 2.24) is 10.2 Å². The molecule has 0 aromatic carbocycles. The molecule has 1 heterocycles. The van der Waals surface area contributed by atoms with Crippen LogP contribution < -0.4 is 0 Å². The van der Waals surface area contributed by atoms with Crippen molar-refractivity contribution in [2.24, 2.45) is 0 Å². The molecule has 0 saturated heterocycles. The molecule has 1 aromatic heterocycles. The van der Waals surface area contributed by atoms with E-state index in [1.54, 1.807) is 5.51 Å². The second-order valence-electron chi connectivity index (χ2n) is 1.61. The fourth-order valence-electron chi connectivity index (χ4n) is 0.479. The van der Waals surface area contributed by atoms with E-state index in [2.05, 4.69) is 10.2 Å². The molecule has 0 fully saturated rings. The Morgan fingerprint density at radius 2 is 2.60 bits per heavy atom. The molecular weight excluding hydrogens is 172 g/mol. The van der Waals surface area contributed by atoms with Crippen LogP contribution in [0.5, 0.6) is 0 Å². The molecule has 1 aromatic rings. The minimum atomic E-state index is -1.71. The van der Waals surface area contributed by atoms with Crippen molar-refractivity contribution in [3.8, 4) is 0 Å². The summed E-state index contributed by atoms with van der Waals surface area (Å²) in [6.45, 7) is 0. The minimum absolute atomic E-state index is 0.245. The Morgan fingerprint density at radius 3 is 3.10 bits per heavy atom. The molecule has 0 aliphatic heterocycles. The molecule has 0 aliphatic carbocycles. The SMILES string of the molecule is O=S(O)CCc1nncs1. The van der Waals surface area contributed by atoms with Crippen LogP contribution in [-0.2, 0) is 17.5 Å². The highest BCUT2D eigenvalue weighted by Gasteiger charge is 1.98. The van der Waals surface area contributed by atoms with Crippen LogP contribution in [0.3, 0.4) is 0 Å². The highest BCUT2D eigenvalue weighted by Crippen LogP contribution is 2.01. The molecule has 56 valence electrons. The number of hydrogen-bond acceptors (Lipinski definition) is 4. The van der Waals surface area contributed by atoms with Gasteiger partial charge in [0, 0.05) is 6.42 Å². The summed E-state index contributed by atoms with van der Waals surface area (Å²) in [6, 6.07) is 0. The van der Waals surface area contributed by atoms with E-state index < -0.39 is 11.1 Å². The van der Waals surface area contributed by atoms with Crippen LogP contribution in [0.2, 0.25) is 0 Å². The van der Waals surface area contributed by atoms with Gasteiger partial charge in [0.25, 0.3) is 0 Å². The van der Waals surface area contributed by atoms with Crippen LogP contribution >= 0.6 is 11.3 Å². The summed E-state index contributed by atoms with van der Waals surface area (Å²) >= 11 is -0.314. The summed E-state index contributed by atoms with van der Waals surface area (Å²) in [7, 11) is 0. The van der Waals surface area contributed by atoms with E-state index in [-0.39, 0.29) is 5.75 Å². The summed E-state index contributed by atoms with van der Waals surface area (Å²) in [5.41, 5.74) is 1.61. The van der Waals surface area contributed by atoms with Gasteiger partial charge in [0.05, 0.1) is 5.75 Å². The molecule has 0 amide bonds. The van der Waals surface area contributed by atoms with E-state index in [0.29, 0.717) is 6.42 Å². The molecular formula is C4H6N2O2S2. The maximum Gasteiger partial charge on any atom is 0.153 e. The van der Waals surface area contributed by atoms with E-state index in [9.17, 15) is 4.21 Å². The predicted octanol–water partition coefficient (Wildman–Crippen LogP) is 0.302. The van der Waals surface area contributed by atoms with Crippen molar-refractivity contribution in [1.29, 1.82) is 0 Å². The zero-order chi connectivity index (χ0) is 7.40. The molecule has 0 saturated carbocycles. The lowest BCUT2D eigenvalue weighted by molar-refractivity contribution is 0.563. The third-order valence-corrected chi connectivity index (χ3v) is 2.21. The molecule has 1 rings (SSSR count). The lowest BCUT2D eigenvalue weighted by atomic mass is 10.5. The van der Waals surface area contributed by atoms with Gasteiger partial charge >= 0.3 is 0 Å². The third kappa shape index (κ3) is 2.51. The Kier molecular flexibility index (Phi) is 2.91. The Hall–Kier alpha value is -0.330. The monoisotopic (exact) mass is 178 g/mol. The van der Waals surface area contributed by atoms with Crippen molar-refractivity contribution in [3.05, 3.63) is 10.5 Å². The number of rotatable bonds is 3. The van der Waals surface area contributed by atoms with Gasteiger partial charge in [0.2, 0.25) is 0 Å². The Balaban J connectivity index is 2.35. The van der Waals surface area contributed by atoms with Crippen LogP contribution in [0.15, 0.2) is 5.51 Å². The zero-order valence-electron chi connectivity index (χ0n) is 5.06. The van der Waals surface area contributed by atoms with Gasteiger partial charge in [-0.1, -0.05) is 0 Å². The normalized spacial score (nSPS) is 13.3. The van der Waals surface area contributed by atoms with Crippen molar-refractivity contribution < 1.29 is 8.76 Å². The van der Waals surface area contributed by atoms with Gasteiger partial charge in [-0.05, 0) is 0 Å². The quantitative estimate of drug-likeness (QED) is 0.676. The molecule has 0 radical (unpaired) electrons. The first-order valence-electron chi connectivity index (χ1n) is 2.61. The smallest absolute Gasteiger partial charge is 0.153 e. The molecule has 4 nitrogen and oxygen atoms in total. The second kappa shape index (κ2) is 3.75. The summed E-state index contributed by atoms with van der Waals surface area (Å²) in [5.74, 6) is 0.245. The van der Waals surface area contributed by atoms with Crippen LogP contribution in [-0.4, -0.2) is 24.7 Å². The van der Waals surface area contributed by atoms with Gasteiger partial charge in [-0.15, -0.1) is 21.5 Å². The Bertz CT molecular complexity index is 211. The molecule has 0 bridgehead atoms. The maximum absolute atomic E-state index is 10.2. The van der Waals surface area contributed by atoms with E-state index in [0.717, 1.165) is 5.01 Å². The first kappa shape index (κ1) is 7.77. The summed E-state index contributed by atoms with van der Waals surface area (Å²) < 4.78 is 18.5.